The normalized spacial score (nSPS) is 10.8. The molecule has 0 unspecified atom stereocenters. The predicted molar refractivity (Wildman–Crippen MR) is 82.4 cm³/mol. The molecule has 0 atom stereocenters. The molecule has 0 saturated carbocycles. The number of carbonyl (C=O) groups is 1. The summed E-state index contributed by atoms with van der Waals surface area (Å²) in [4.78, 5) is 14.3. The van der Waals surface area contributed by atoms with E-state index < -0.39 is 0 Å². The van der Waals surface area contributed by atoms with Crippen LogP contribution in [0, 0.1) is 5.92 Å². The molecule has 0 fully saturated rings. The quantitative estimate of drug-likeness (QED) is 0.779. The summed E-state index contributed by atoms with van der Waals surface area (Å²) in [6.45, 7) is 6.31. The van der Waals surface area contributed by atoms with Crippen molar-refractivity contribution in [1.82, 2.24) is 10.2 Å². The van der Waals surface area contributed by atoms with Crippen molar-refractivity contribution in [2.75, 3.05) is 26.4 Å². The molecular weight excluding hydrogens is 256 g/mol. The molecule has 1 amide bonds. The average Bonchev–Trinajstić information content (AvgIpc) is 2.36. The lowest BCUT2D eigenvalue weighted by Gasteiger charge is -2.11. The van der Waals surface area contributed by atoms with E-state index in [1.54, 1.807) is 30.8 Å². The number of hydrogen-bond donors (Lipinski definition) is 1. The van der Waals surface area contributed by atoms with Gasteiger partial charge in [-0.3, -0.25) is 4.79 Å². The Balaban J connectivity index is 2.45. The van der Waals surface area contributed by atoms with Gasteiger partial charge in [-0.15, -0.1) is 11.8 Å². The lowest BCUT2D eigenvalue weighted by Crippen LogP contribution is -2.23. The average molecular weight is 280 g/mol. The van der Waals surface area contributed by atoms with Gasteiger partial charge in [0, 0.05) is 25.5 Å². The van der Waals surface area contributed by atoms with Gasteiger partial charge in [-0.05, 0) is 30.2 Å². The van der Waals surface area contributed by atoms with E-state index in [4.69, 9.17) is 0 Å². The van der Waals surface area contributed by atoms with Crippen LogP contribution in [0.4, 0.5) is 0 Å². The summed E-state index contributed by atoms with van der Waals surface area (Å²) in [5.74, 6) is 1.30. The van der Waals surface area contributed by atoms with Crippen LogP contribution in [0.15, 0.2) is 29.2 Å². The molecule has 3 nitrogen and oxygen atoms in total. The fourth-order valence-corrected chi connectivity index (χ4v) is 2.48. The topological polar surface area (TPSA) is 32.3 Å². The van der Waals surface area contributed by atoms with Crippen LogP contribution in [0.2, 0.25) is 0 Å². The third kappa shape index (κ3) is 6.64. The van der Waals surface area contributed by atoms with Gasteiger partial charge >= 0.3 is 0 Å². The van der Waals surface area contributed by atoms with Crippen LogP contribution in [-0.4, -0.2) is 37.2 Å². The van der Waals surface area contributed by atoms with Crippen LogP contribution in [-0.2, 0) is 11.3 Å². The Bertz CT molecular complexity index is 405. The molecule has 0 saturated heterocycles. The molecule has 1 rings (SSSR count). The summed E-state index contributed by atoms with van der Waals surface area (Å²) in [5.41, 5.74) is 1.27. The summed E-state index contributed by atoms with van der Waals surface area (Å²) in [6.07, 6.45) is 0. The molecule has 1 aromatic carbocycles. The molecule has 1 N–H and O–H groups in total. The van der Waals surface area contributed by atoms with Gasteiger partial charge in [0.25, 0.3) is 0 Å². The minimum atomic E-state index is 0.147. The second-order valence-electron chi connectivity index (χ2n) is 5.25. The number of amides is 1. The van der Waals surface area contributed by atoms with Crippen LogP contribution in [0.5, 0.6) is 0 Å². The molecule has 106 valence electrons. The van der Waals surface area contributed by atoms with Crippen molar-refractivity contribution in [1.29, 1.82) is 0 Å². The number of carbonyl (C=O) groups excluding carboxylic acids is 1. The van der Waals surface area contributed by atoms with Crippen LogP contribution >= 0.6 is 11.8 Å². The summed E-state index contributed by atoms with van der Waals surface area (Å²) >= 11 is 1.59. The molecule has 19 heavy (non-hydrogen) atoms. The number of nitrogens with zero attached hydrogens (tertiary/aromatic N) is 1. The van der Waals surface area contributed by atoms with Crippen LogP contribution in [0.3, 0.4) is 0 Å². The maximum atomic E-state index is 11.5. The van der Waals surface area contributed by atoms with Crippen molar-refractivity contribution in [3.05, 3.63) is 29.8 Å². The first-order valence-electron chi connectivity index (χ1n) is 6.61. The fourth-order valence-electron chi connectivity index (χ4n) is 1.52. The lowest BCUT2D eigenvalue weighted by molar-refractivity contribution is -0.125. The van der Waals surface area contributed by atoms with Crippen molar-refractivity contribution >= 4 is 17.7 Å². The molecule has 0 aromatic heterocycles. The Kier molecular flexibility index (Phi) is 6.95. The molecule has 0 heterocycles. The summed E-state index contributed by atoms with van der Waals surface area (Å²) in [6, 6.07) is 8.38. The zero-order valence-electron chi connectivity index (χ0n) is 12.3. The van der Waals surface area contributed by atoms with E-state index in [-0.39, 0.29) is 5.91 Å². The van der Waals surface area contributed by atoms with Gasteiger partial charge in [-0.25, -0.2) is 0 Å². The highest BCUT2D eigenvalue weighted by Crippen LogP contribution is 2.19. The van der Waals surface area contributed by atoms with Crippen molar-refractivity contribution in [2.45, 2.75) is 25.3 Å². The van der Waals surface area contributed by atoms with Crippen LogP contribution in [0.1, 0.15) is 19.4 Å². The molecule has 0 aliphatic heterocycles. The molecule has 0 aliphatic carbocycles. The highest BCUT2D eigenvalue weighted by molar-refractivity contribution is 8.00. The zero-order valence-corrected chi connectivity index (χ0v) is 13.1. The van der Waals surface area contributed by atoms with Crippen molar-refractivity contribution in [2.24, 2.45) is 5.92 Å². The minimum absolute atomic E-state index is 0.147. The van der Waals surface area contributed by atoms with Crippen LogP contribution < -0.4 is 5.32 Å². The largest absolute Gasteiger partial charge is 0.348 e. The number of benzene rings is 1. The van der Waals surface area contributed by atoms with E-state index >= 15 is 0 Å². The first kappa shape index (κ1) is 16.1. The Labute approximate surface area is 120 Å². The van der Waals surface area contributed by atoms with Crippen molar-refractivity contribution in [3.8, 4) is 0 Å². The van der Waals surface area contributed by atoms with E-state index in [1.807, 2.05) is 0 Å². The molecule has 1 aromatic rings. The highest BCUT2D eigenvalue weighted by Gasteiger charge is 2.05. The van der Waals surface area contributed by atoms with Gasteiger partial charge in [-0.2, -0.15) is 0 Å². The first-order valence-corrected chi connectivity index (χ1v) is 7.60. The molecule has 0 bridgehead atoms. The summed E-state index contributed by atoms with van der Waals surface area (Å²) in [7, 11) is 3.57. The highest BCUT2D eigenvalue weighted by atomic mass is 32.2. The fraction of sp³-hybridized carbons (Fsp3) is 0.533. The molecule has 0 radical (unpaired) electrons. The van der Waals surface area contributed by atoms with Gasteiger partial charge in [0.05, 0.1) is 5.75 Å². The maximum absolute atomic E-state index is 11.5. The van der Waals surface area contributed by atoms with E-state index in [9.17, 15) is 4.79 Å². The Morgan fingerprint density at radius 2 is 2.11 bits per heavy atom. The molecule has 4 heteroatoms. The van der Waals surface area contributed by atoms with E-state index in [0.717, 1.165) is 18.0 Å². The molecule has 0 spiro atoms. The van der Waals surface area contributed by atoms with Crippen molar-refractivity contribution < 1.29 is 4.79 Å². The summed E-state index contributed by atoms with van der Waals surface area (Å²) in [5, 5.41) is 3.43. The standard InChI is InChI=1S/C15H24N2OS/c1-12(2)9-16-10-13-6-5-7-14(8-13)19-11-15(18)17(3)4/h5-8,12,16H,9-11H2,1-4H3. The number of hydrogen-bond acceptors (Lipinski definition) is 3. The number of nitrogens with one attached hydrogen (secondary N) is 1. The third-order valence-electron chi connectivity index (χ3n) is 2.64. The smallest absolute Gasteiger partial charge is 0.232 e. The SMILES string of the molecule is CC(C)CNCc1cccc(SCC(=O)N(C)C)c1. The molecule has 0 aliphatic rings. The third-order valence-corrected chi connectivity index (χ3v) is 3.62. The van der Waals surface area contributed by atoms with E-state index in [1.165, 1.54) is 5.56 Å². The molecular formula is C15H24N2OS. The van der Waals surface area contributed by atoms with Gasteiger partial charge in [0.1, 0.15) is 0 Å². The maximum Gasteiger partial charge on any atom is 0.232 e. The second-order valence-corrected chi connectivity index (χ2v) is 6.30. The first-order chi connectivity index (χ1) is 8.99. The van der Waals surface area contributed by atoms with Gasteiger partial charge < -0.3 is 10.2 Å². The van der Waals surface area contributed by atoms with Gasteiger partial charge in [0.2, 0.25) is 5.91 Å². The Morgan fingerprint density at radius 3 is 2.74 bits per heavy atom. The zero-order chi connectivity index (χ0) is 14.3. The minimum Gasteiger partial charge on any atom is -0.348 e. The Hall–Kier alpha value is -1.00. The van der Waals surface area contributed by atoms with Crippen molar-refractivity contribution in [3.63, 3.8) is 0 Å². The Morgan fingerprint density at radius 1 is 1.37 bits per heavy atom. The van der Waals surface area contributed by atoms with Gasteiger partial charge in [0.15, 0.2) is 0 Å². The monoisotopic (exact) mass is 280 g/mol. The second kappa shape index (κ2) is 8.23. The summed E-state index contributed by atoms with van der Waals surface area (Å²) < 4.78 is 0. The van der Waals surface area contributed by atoms with E-state index in [0.29, 0.717) is 11.7 Å². The van der Waals surface area contributed by atoms with E-state index in [2.05, 4.69) is 43.4 Å². The van der Waals surface area contributed by atoms with Gasteiger partial charge in [-0.1, -0.05) is 26.0 Å². The number of rotatable bonds is 7. The predicted octanol–water partition coefficient (Wildman–Crippen LogP) is 2.61. The number of thioether (sulfide) groups is 1. The van der Waals surface area contributed by atoms with Crippen LogP contribution in [0.25, 0.3) is 0 Å². The lowest BCUT2D eigenvalue weighted by atomic mass is 10.2.